The molecule has 1 aromatic rings. The van der Waals surface area contributed by atoms with E-state index in [0.717, 1.165) is 17.6 Å². The second-order valence-corrected chi connectivity index (χ2v) is 4.41. The van der Waals surface area contributed by atoms with Crippen molar-refractivity contribution in [3.63, 3.8) is 0 Å². The Balaban J connectivity index is 2.47. The number of nitrogens with zero attached hydrogens (tertiary/aromatic N) is 2. The van der Waals surface area contributed by atoms with Crippen LogP contribution in [0.4, 0.5) is 0 Å². The highest BCUT2D eigenvalue weighted by Crippen LogP contribution is 2.15. The van der Waals surface area contributed by atoms with Gasteiger partial charge in [-0.15, -0.1) is 0 Å². The fourth-order valence-corrected chi connectivity index (χ4v) is 1.67. The van der Waals surface area contributed by atoms with Crippen molar-refractivity contribution >= 4 is 15.9 Å². The zero-order chi connectivity index (χ0) is 10.4. The lowest BCUT2D eigenvalue weighted by molar-refractivity contribution is 0.320. The summed E-state index contributed by atoms with van der Waals surface area (Å²) in [5, 5.41) is 0. The van der Waals surface area contributed by atoms with E-state index in [0.29, 0.717) is 0 Å². The smallest absolute Gasteiger partial charge is 0.0324 e. The maximum atomic E-state index is 4.12. The summed E-state index contributed by atoms with van der Waals surface area (Å²) < 4.78 is 1.15. The lowest BCUT2D eigenvalue weighted by Gasteiger charge is -2.16. The van der Waals surface area contributed by atoms with E-state index in [4.69, 9.17) is 0 Å². The third kappa shape index (κ3) is 3.76. The largest absolute Gasteiger partial charge is 0.302 e. The van der Waals surface area contributed by atoms with Gasteiger partial charge in [-0.2, -0.15) is 0 Å². The van der Waals surface area contributed by atoms with E-state index in [1.165, 1.54) is 18.4 Å². The van der Waals surface area contributed by atoms with Gasteiger partial charge in [0, 0.05) is 23.4 Å². The Morgan fingerprint density at radius 2 is 2.29 bits per heavy atom. The van der Waals surface area contributed by atoms with Crippen molar-refractivity contribution in [2.45, 2.75) is 26.3 Å². The summed E-state index contributed by atoms with van der Waals surface area (Å²) in [6.45, 7) is 4.33. The number of halogens is 1. The summed E-state index contributed by atoms with van der Waals surface area (Å²) in [5.41, 5.74) is 1.26. The summed E-state index contributed by atoms with van der Waals surface area (Å²) >= 11 is 3.53. The lowest BCUT2D eigenvalue weighted by atomic mass is 10.2. The first-order chi connectivity index (χ1) is 6.74. The van der Waals surface area contributed by atoms with Crippen molar-refractivity contribution in [1.29, 1.82) is 0 Å². The van der Waals surface area contributed by atoms with E-state index < -0.39 is 0 Å². The molecule has 1 aromatic heterocycles. The molecule has 0 spiro atoms. The Morgan fingerprint density at radius 3 is 2.93 bits per heavy atom. The number of hydrogen-bond acceptors (Lipinski definition) is 2. The van der Waals surface area contributed by atoms with Crippen LogP contribution in [0.1, 0.15) is 25.3 Å². The maximum absolute atomic E-state index is 4.12. The molecule has 0 aliphatic rings. The number of hydrogen-bond donors (Lipinski definition) is 0. The van der Waals surface area contributed by atoms with E-state index in [-0.39, 0.29) is 0 Å². The Hall–Kier alpha value is -0.410. The fraction of sp³-hybridized carbons (Fsp3) is 0.545. The first-order valence-electron chi connectivity index (χ1n) is 5.01. The molecule has 1 rings (SSSR count). The minimum atomic E-state index is 0.967. The van der Waals surface area contributed by atoms with Crippen LogP contribution in [0.3, 0.4) is 0 Å². The Bertz CT molecular complexity index is 276. The summed E-state index contributed by atoms with van der Waals surface area (Å²) in [4.78, 5) is 6.45. The third-order valence-electron chi connectivity index (χ3n) is 2.18. The highest BCUT2D eigenvalue weighted by Gasteiger charge is 2.02. The van der Waals surface area contributed by atoms with Crippen LogP contribution < -0.4 is 0 Å². The van der Waals surface area contributed by atoms with E-state index in [1.807, 2.05) is 12.3 Å². The zero-order valence-corrected chi connectivity index (χ0v) is 10.4. The van der Waals surface area contributed by atoms with Gasteiger partial charge in [-0.1, -0.05) is 29.3 Å². The van der Waals surface area contributed by atoms with Gasteiger partial charge >= 0.3 is 0 Å². The molecular weight excluding hydrogens is 240 g/mol. The molecule has 0 N–H and O–H groups in total. The van der Waals surface area contributed by atoms with Crippen LogP contribution in [0.25, 0.3) is 0 Å². The first kappa shape index (κ1) is 11.7. The molecule has 0 fully saturated rings. The van der Waals surface area contributed by atoms with Gasteiger partial charge < -0.3 is 4.90 Å². The van der Waals surface area contributed by atoms with Gasteiger partial charge in [0.15, 0.2) is 0 Å². The molecule has 0 atom stereocenters. The van der Waals surface area contributed by atoms with Gasteiger partial charge in [0.1, 0.15) is 0 Å². The average molecular weight is 257 g/mol. The predicted octanol–water partition coefficient (Wildman–Crippen LogP) is 3.08. The molecule has 0 aliphatic carbocycles. The number of aromatic nitrogens is 1. The van der Waals surface area contributed by atoms with Crippen LogP contribution in [0, 0.1) is 0 Å². The Morgan fingerprint density at radius 1 is 1.50 bits per heavy atom. The summed E-state index contributed by atoms with van der Waals surface area (Å²) in [7, 11) is 2.15. The van der Waals surface area contributed by atoms with Gasteiger partial charge in [0.2, 0.25) is 0 Å². The molecule has 0 unspecified atom stereocenters. The molecule has 2 nitrogen and oxygen atoms in total. The monoisotopic (exact) mass is 256 g/mol. The van der Waals surface area contributed by atoms with Gasteiger partial charge in [-0.05, 0) is 31.6 Å². The van der Waals surface area contributed by atoms with Crippen LogP contribution >= 0.6 is 15.9 Å². The van der Waals surface area contributed by atoms with Crippen molar-refractivity contribution in [3.8, 4) is 0 Å². The summed E-state index contributed by atoms with van der Waals surface area (Å²) in [6.07, 6.45) is 6.24. The van der Waals surface area contributed by atoms with Crippen LogP contribution in [-0.4, -0.2) is 23.5 Å². The Kier molecular flexibility index (Phi) is 5.12. The highest BCUT2D eigenvalue weighted by atomic mass is 79.9. The number of unbranched alkanes of at least 4 members (excludes halogenated alkanes) is 1. The predicted molar refractivity (Wildman–Crippen MR) is 63.2 cm³/mol. The standard InChI is InChI=1S/C11H17BrN2/c1-3-4-7-14(2)9-10-8-13-6-5-11(10)12/h5-6,8H,3-4,7,9H2,1-2H3. The molecule has 14 heavy (non-hydrogen) atoms. The fourth-order valence-electron chi connectivity index (χ4n) is 1.32. The minimum Gasteiger partial charge on any atom is -0.302 e. The zero-order valence-electron chi connectivity index (χ0n) is 8.83. The molecule has 0 bridgehead atoms. The third-order valence-corrected chi connectivity index (χ3v) is 2.95. The van der Waals surface area contributed by atoms with E-state index in [2.05, 4.69) is 39.8 Å². The van der Waals surface area contributed by atoms with Gasteiger partial charge in [-0.25, -0.2) is 0 Å². The van der Waals surface area contributed by atoms with E-state index >= 15 is 0 Å². The number of pyridine rings is 1. The van der Waals surface area contributed by atoms with Crippen molar-refractivity contribution in [2.24, 2.45) is 0 Å². The highest BCUT2D eigenvalue weighted by molar-refractivity contribution is 9.10. The average Bonchev–Trinajstić information content (AvgIpc) is 2.18. The molecule has 0 radical (unpaired) electrons. The molecule has 0 aliphatic heterocycles. The van der Waals surface area contributed by atoms with E-state index in [1.54, 1.807) is 6.20 Å². The molecule has 0 saturated carbocycles. The molecule has 0 aromatic carbocycles. The first-order valence-corrected chi connectivity index (χ1v) is 5.80. The van der Waals surface area contributed by atoms with Crippen LogP contribution in [-0.2, 0) is 6.54 Å². The van der Waals surface area contributed by atoms with E-state index in [9.17, 15) is 0 Å². The summed E-state index contributed by atoms with van der Waals surface area (Å²) in [6, 6.07) is 1.99. The number of rotatable bonds is 5. The second kappa shape index (κ2) is 6.14. The molecule has 3 heteroatoms. The van der Waals surface area contributed by atoms with Crippen molar-refractivity contribution in [1.82, 2.24) is 9.88 Å². The molecule has 78 valence electrons. The molecule has 1 heterocycles. The quantitative estimate of drug-likeness (QED) is 0.805. The van der Waals surface area contributed by atoms with Gasteiger partial charge in [-0.3, -0.25) is 4.98 Å². The lowest BCUT2D eigenvalue weighted by Crippen LogP contribution is -2.19. The summed E-state index contributed by atoms with van der Waals surface area (Å²) in [5.74, 6) is 0. The topological polar surface area (TPSA) is 16.1 Å². The van der Waals surface area contributed by atoms with Gasteiger partial charge in [0.05, 0.1) is 0 Å². The molecule has 0 amide bonds. The van der Waals surface area contributed by atoms with Crippen molar-refractivity contribution in [3.05, 3.63) is 28.5 Å². The molecule has 0 saturated heterocycles. The van der Waals surface area contributed by atoms with Crippen LogP contribution in [0.15, 0.2) is 22.9 Å². The maximum Gasteiger partial charge on any atom is 0.0324 e. The second-order valence-electron chi connectivity index (χ2n) is 3.56. The van der Waals surface area contributed by atoms with Crippen molar-refractivity contribution < 1.29 is 0 Å². The minimum absolute atomic E-state index is 0.967. The van der Waals surface area contributed by atoms with Crippen LogP contribution in [0.2, 0.25) is 0 Å². The molecular formula is C11H17BrN2. The van der Waals surface area contributed by atoms with Gasteiger partial charge in [0.25, 0.3) is 0 Å². The van der Waals surface area contributed by atoms with Crippen LogP contribution in [0.5, 0.6) is 0 Å². The SMILES string of the molecule is CCCCN(C)Cc1cnccc1Br. The van der Waals surface area contributed by atoms with Crippen molar-refractivity contribution in [2.75, 3.05) is 13.6 Å². The Labute approximate surface area is 94.5 Å². The normalized spacial score (nSPS) is 10.9.